The Balaban J connectivity index is 1.90. The molecule has 0 aliphatic heterocycles. The van der Waals surface area contributed by atoms with E-state index in [0.29, 0.717) is 5.69 Å². The van der Waals surface area contributed by atoms with Gasteiger partial charge in [-0.1, -0.05) is 0 Å². The van der Waals surface area contributed by atoms with Gasteiger partial charge in [0.2, 0.25) is 0 Å². The van der Waals surface area contributed by atoms with Crippen molar-refractivity contribution in [1.82, 2.24) is 10.3 Å². The standard InChI is InChI=1S/C11H17N3OS2/c1-7(12)10-14-8(5-17-10)9(15)13-6-11(16-2)3-4-11/h5,7H,3-4,6,12H2,1-2H3,(H,13,15). The van der Waals surface area contributed by atoms with Crippen LogP contribution >= 0.6 is 23.1 Å². The predicted molar refractivity (Wildman–Crippen MR) is 72.5 cm³/mol. The highest BCUT2D eigenvalue weighted by Gasteiger charge is 2.42. The van der Waals surface area contributed by atoms with Crippen molar-refractivity contribution in [3.63, 3.8) is 0 Å². The predicted octanol–water partition coefficient (Wildman–Crippen LogP) is 1.79. The van der Waals surface area contributed by atoms with Crippen LogP contribution in [0.4, 0.5) is 0 Å². The molecular formula is C11H17N3OS2. The van der Waals surface area contributed by atoms with Gasteiger partial charge in [-0.2, -0.15) is 11.8 Å². The Kier molecular flexibility index (Phi) is 3.75. The van der Waals surface area contributed by atoms with Crippen LogP contribution in [0.1, 0.15) is 41.3 Å². The Morgan fingerprint density at radius 2 is 2.47 bits per heavy atom. The van der Waals surface area contributed by atoms with E-state index >= 15 is 0 Å². The molecule has 6 heteroatoms. The second-order valence-corrected chi connectivity index (χ2v) is 6.59. The van der Waals surface area contributed by atoms with E-state index in [0.717, 1.165) is 11.6 Å². The average Bonchev–Trinajstić information content (AvgIpc) is 2.92. The van der Waals surface area contributed by atoms with E-state index in [4.69, 9.17) is 5.73 Å². The normalized spacial score (nSPS) is 18.8. The summed E-state index contributed by atoms with van der Waals surface area (Å²) in [5, 5.41) is 5.53. The molecule has 1 atom stereocenters. The molecule has 94 valence electrons. The third-order valence-corrected chi connectivity index (χ3v) is 5.42. The van der Waals surface area contributed by atoms with E-state index in [1.165, 1.54) is 24.2 Å². The van der Waals surface area contributed by atoms with Crippen LogP contribution in [0.2, 0.25) is 0 Å². The summed E-state index contributed by atoms with van der Waals surface area (Å²) in [6.07, 6.45) is 4.48. The van der Waals surface area contributed by atoms with E-state index in [1.54, 1.807) is 5.38 Å². The van der Waals surface area contributed by atoms with E-state index in [2.05, 4.69) is 16.6 Å². The lowest BCUT2D eigenvalue weighted by atomic mass is 10.3. The van der Waals surface area contributed by atoms with Crippen molar-refractivity contribution in [3.05, 3.63) is 16.1 Å². The van der Waals surface area contributed by atoms with Crippen LogP contribution in [0.5, 0.6) is 0 Å². The van der Waals surface area contributed by atoms with Gasteiger partial charge in [0.15, 0.2) is 0 Å². The number of nitrogens with two attached hydrogens (primary N) is 1. The van der Waals surface area contributed by atoms with Crippen LogP contribution < -0.4 is 11.1 Å². The molecule has 1 unspecified atom stereocenters. The summed E-state index contributed by atoms with van der Waals surface area (Å²) in [4.78, 5) is 16.1. The lowest BCUT2D eigenvalue weighted by Crippen LogP contribution is -2.31. The lowest BCUT2D eigenvalue weighted by Gasteiger charge is -2.11. The molecule has 1 fully saturated rings. The number of carbonyl (C=O) groups excluding carboxylic acids is 1. The summed E-state index contributed by atoms with van der Waals surface area (Å²) in [6, 6.07) is -0.109. The molecule has 3 N–H and O–H groups in total. The molecule has 0 bridgehead atoms. The maximum atomic E-state index is 11.9. The number of amides is 1. The number of thiazole rings is 1. The number of thioether (sulfide) groups is 1. The van der Waals surface area contributed by atoms with Crippen molar-refractivity contribution >= 4 is 29.0 Å². The Morgan fingerprint density at radius 1 is 1.76 bits per heavy atom. The largest absolute Gasteiger partial charge is 0.349 e. The lowest BCUT2D eigenvalue weighted by molar-refractivity contribution is 0.0948. The molecule has 0 spiro atoms. The average molecular weight is 271 g/mol. The highest BCUT2D eigenvalue weighted by atomic mass is 32.2. The number of hydrogen-bond donors (Lipinski definition) is 2. The molecule has 17 heavy (non-hydrogen) atoms. The maximum absolute atomic E-state index is 11.9. The van der Waals surface area contributed by atoms with E-state index in [-0.39, 0.29) is 16.7 Å². The first-order chi connectivity index (χ1) is 8.06. The Hall–Kier alpha value is -0.590. The number of nitrogens with zero attached hydrogens (tertiary/aromatic N) is 1. The van der Waals surface area contributed by atoms with Crippen LogP contribution in [0, 0.1) is 0 Å². The fourth-order valence-corrected chi connectivity index (χ4v) is 3.01. The van der Waals surface area contributed by atoms with Crippen LogP contribution in [-0.4, -0.2) is 28.4 Å². The third kappa shape index (κ3) is 3.00. The van der Waals surface area contributed by atoms with Crippen LogP contribution in [0.3, 0.4) is 0 Å². The molecule has 1 amide bonds. The van der Waals surface area contributed by atoms with Gasteiger partial charge in [-0.05, 0) is 26.0 Å². The zero-order chi connectivity index (χ0) is 12.5. The number of carbonyl (C=O) groups is 1. The van der Waals surface area contributed by atoms with Gasteiger partial charge in [0.05, 0.1) is 6.04 Å². The zero-order valence-electron chi connectivity index (χ0n) is 10.0. The highest BCUT2D eigenvalue weighted by Crippen LogP contribution is 2.46. The van der Waals surface area contributed by atoms with Crippen molar-refractivity contribution in [2.45, 2.75) is 30.6 Å². The van der Waals surface area contributed by atoms with Crippen LogP contribution in [0.25, 0.3) is 0 Å². The monoisotopic (exact) mass is 271 g/mol. The molecule has 1 aromatic rings. The summed E-state index contributed by atoms with van der Waals surface area (Å²) < 4.78 is 0.287. The first-order valence-corrected chi connectivity index (χ1v) is 7.71. The Bertz CT molecular complexity index is 413. The number of rotatable bonds is 5. The minimum atomic E-state index is -0.109. The summed E-state index contributed by atoms with van der Waals surface area (Å²) in [7, 11) is 0. The molecule has 0 radical (unpaired) electrons. The minimum absolute atomic E-state index is 0.0894. The maximum Gasteiger partial charge on any atom is 0.270 e. The zero-order valence-corrected chi connectivity index (χ0v) is 11.7. The number of nitrogens with one attached hydrogen (secondary N) is 1. The minimum Gasteiger partial charge on any atom is -0.349 e. The summed E-state index contributed by atoms with van der Waals surface area (Å²) >= 11 is 3.27. The van der Waals surface area contributed by atoms with Crippen LogP contribution in [0.15, 0.2) is 5.38 Å². The molecule has 0 saturated heterocycles. The summed E-state index contributed by atoms with van der Waals surface area (Å²) in [5.41, 5.74) is 6.20. The van der Waals surface area contributed by atoms with Crippen molar-refractivity contribution in [2.75, 3.05) is 12.8 Å². The van der Waals surface area contributed by atoms with Gasteiger partial charge in [-0.3, -0.25) is 4.79 Å². The van der Waals surface area contributed by atoms with Crippen molar-refractivity contribution in [2.24, 2.45) is 5.73 Å². The molecular weight excluding hydrogens is 254 g/mol. The molecule has 1 saturated carbocycles. The second-order valence-electron chi connectivity index (χ2n) is 4.43. The Labute approximate surface area is 109 Å². The smallest absolute Gasteiger partial charge is 0.270 e. The van der Waals surface area contributed by atoms with Crippen molar-refractivity contribution in [1.29, 1.82) is 0 Å². The first-order valence-electron chi connectivity index (χ1n) is 5.61. The van der Waals surface area contributed by atoms with Gasteiger partial charge in [-0.25, -0.2) is 4.98 Å². The fraction of sp³-hybridized carbons (Fsp3) is 0.636. The third-order valence-electron chi connectivity index (χ3n) is 2.96. The topological polar surface area (TPSA) is 68.0 Å². The molecule has 4 nitrogen and oxygen atoms in total. The SMILES string of the molecule is CSC1(CNC(=O)c2csc(C(C)N)n2)CC1. The van der Waals surface area contributed by atoms with Crippen LogP contribution in [-0.2, 0) is 0 Å². The van der Waals surface area contributed by atoms with E-state index in [9.17, 15) is 4.79 Å². The summed E-state index contributed by atoms with van der Waals surface area (Å²) in [5.74, 6) is -0.0894. The van der Waals surface area contributed by atoms with E-state index in [1.807, 2.05) is 18.7 Å². The second kappa shape index (κ2) is 4.96. The molecule has 1 heterocycles. The van der Waals surface area contributed by atoms with Gasteiger partial charge >= 0.3 is 0 Å². The van der Waals surface area contributed by atoms with E-state index < -0.39 is 0 Å². The first kappa shape index (κ1) is 12.9. The fourth-order valence-electron chi connectivity index (χ4n) is 1.53. The highest BCUT2D eigenvalue weighted by molar-refractivity contribution is 8.00. The molecule has 0 aromatic carbocycles. The summed E-state index contributed by atoms with van der Waals surface area (Å²) in [6.45, 7) is 2.60. The van der Waals surface area contributed by atoms with Gasteiger partial charge in [0.25, 0.3) is 5.91 Å². The quantitative estimate of drug-likeness (QED) is 0.856. The van der Waals surface area contributed by atoms with Gasteiger partial charge in [0.1, 0.15) is 10.7 Å². The molecule has 2 rings (SSSR count). The molecule has 1 aliphatic rings. The number of aromatic nitrogens is 1. The molecule has 1 aromatic heterocycles. The Morgan fingerprint density at radius 3 is 2.94 bits per heavy atom. The van der Waals surface area contributed by atoms with Crippen molar-refractivity contribution in [3.8, 4) is 0 Å². The van der Waals surface area contributed by atoms with Gasteiger partial charge in [0, 0.05) is 16.7 Å². The number of hydrogen-bond acceptors (Lipinski definition) is 5. The van der Waals surface area contributed by atoms with Gasteiger partial charge in [-0.15, -0.1) is 11.3 Å². The van der Waals surface area contributed by atoms with Crippen molar-refractivity contribution < 1.29 is 4.79 Å². The molecule has 1 aliphatic carbocycles. The van der Waals surface area contributed by atoms with Gasteiger partial charge < -0.3 is 11.1 Å².